The standard InChI is InChI=1S/C16H24N4O/c1-12(13-6-8-15(21-5)9-7-13)17-10-14-11-20(19-18-14)16(2,3)4/h6-9,11-12,17H,10H2,1-5H3/t12-/m1/s1. The average molecular weight is 288 g/mol. The molecule has 0 bridgehead atoms. The zero-order valence-corrected chi connectivity index (χ0v) is 13.4. The Bertz CT molecular complexity index is 569. The topological polar surface area (TPSA) is 52.0 Å². The quantitative estimate of drug-likeness (QED) is 0.919. The fraction of sp³-hybridized carbons (Fsp3) is 0.500. The summed E-state index contributed by atoms with van der Waals surface area (Å²) in [5.74, 6) is 0.874. The van der Waals surface area contributed by atoms with Gasteiger partial charge in [-0.2, -0.15) is 0 Å². The fourth-order valence-electron chi connectivity index (χ4n) is 1.98. The molecule has 0 radical (unpaired) electrons. The molecule has 0 spiro atoms. The lowest BCUT2D eigenvalue weighted by Crippen LogP contribution is -2.22. The van der Waals surface area contributed by atoms with Gasteiger partial charge in [0, 0.05) is 12.6 Å². The molecule has 0 amide bonds. The van der Waals surface area contributed by atoms with Gasteiger partial charge in [-0.3, -0.25) is 0 Å². The molecule has 0 aliphatic rings. The van der Waals surface area contributed by atoms with Crippen molar-refractivity contribution in [2.75, 3.05) is 7.11 Å². The van der Waals surface area contributed by atoms with E-state index >= 15 is 0 Å². The summed E-state index contributed by atoms with van der Waals surface area (Å²) in [6, 6.07) is 8.34. The van der Waals surface area contributed by atoms with E-state index in [4.69, 9.17) is 4.74 Å². The number of rotatable bonds is 5. The van der Waals surface area contributed by atoms with E-state index in [0.29, 0.717) is 6.54 Å². The Balaban J connectivity index is 1.94. The molecule has 0 unspecified atom stereocenters. The van der Waals surface area contributed by atoms with Crippen molar-refractivity contribution in [1.29, 1.82) is 0 Å². The number of methoxy groups -OCH3 is 1. The first-order valence-corrected chi connectivity index (χ1v) is 7.19. The zero-order chi connectivity index (χ0) is 15.5. The van der Waals surface area contributed by atoms with Gasteiger partial charge in [0.2, 0.25) is 0 Å². The Morgan fingerprint density at radius 3 is 2.43 bits per heavy atom. The van der Waals surface area contributed by atoms with Crippen molar-refractivity contribution >= 4 is 0 Å². The number of benzene rings is 1. The van der Waals surface area contributed by atoms with Gasteiger partial charge >= 0.3 is 0 Å². The van der Waals surface area contributed by atoms with Crippen molar-refractivity contribution in [3.05, 3.63) is 41.7 Å². The third-order valence-electron chi connectivity index (χ3n) is 3.43. The van der Waals surface area contributed by atoms with E-state index in [-0.39, 0.29) is 11.6 Å². The van der Waals surface area contributed by atoms with Crippen LogP contribution < -0.4 is 10.1 Å². The summed E-state index contributed by atoms with van der Waals surface area (Å²) in [6.45, 7) is 9.16. The van der Waals surface area contributed by atoms with Gasteiger partial charge < -0.3 is 10.1 Å². The molecule has 21 heavy (non-hydrogen) atoms. The van der Waals surface area contributed by atoms with Gasteiger partial charge in [0.05, 0.1) is 24.5 Å². The molecular weight excluding hydrogens is 264 g/mol. The fourth-order valence-corrected chi connectivity index (χ4v) is 1.98. The maximum atomic E-state index is 5.17. The highest BCUT2D eigenvalue weighted by molar-refractivity contribution is 5.28. The van der Waals surface area contributed by atoms with E-state index in [0.717, 1.165) is 11.4 Å². The maximum Gasteiger partial charge on any atom is 0.118 e. The second kappa shape index (κ2) is 6.26. The summed E-state index contributed by atoms with van der Waals surface area (Å²) in [5.41, 5.74) is 2.14. The number of aromatic nitrogens is 3. The minimum atomic E-state index is -0.0349. The highest BCUT2D eigenvalue weighted by Crippen LogP contribution is 2.18. The van der Waals surface area contributed by atoms with E-state index in [1.807, 2.05) is 23.0 Å². The van der Waals surface area contributed by atoms with Crippen LogP contribution in [-0.4, -0.2) is 22.1 Å². The third kappa shape index (κ3) is 4.04. The molecule has 0 saturated carbocycles. The van der Waals surface area contributed by atoms with Crippen molar-refractivity contribution in [3.8, 4) is 5.75 Å². The van der Waals surface area contributed by atoms with Gasteiger partial charge in [-0.1, -0.05) is 17.3 Å². The zero-order valence-electron chi connectivity index (χ0n) is 13.4. The number of nitrogens with one attached hydrogen (secondary N) is 1. The molecule has 0 aliphatic heterocycles. The Hall–Kier alpha value is -1.88. The van der Waals surface area contributed by atoms with Crippen LogP contribution >= 0.6 is 0 Å². The summed E-state index contributed by atoms with van der Waals surface area (Å²) in [7, 11) is 1.68. The van der Waals surface area contributed by atoms with Crippen molar-refractivity contribution < 1.29 is 4.74 Å². The number of nitrogens with zero attached hydrogens (tertiary/aromatic N) is 3. The maximum absolute atomic E-state index is 5.17. The van der Waals surface area contributed by atoms with Crippen LogP contribution in [0.5, 0.6) is 5.75 Å². The van der Waals surface area contributed by atoms with E-state index in [1.54, 1.807) is 7.11 Å². The van der Waals surface area contributed by atoms with Crippen LogP contribution in [0, 0.1) is 0 Å². The predicted molar refractivity (Wildman–Crippen MR) is 83.3 cm³/mol. The molecule has 1 aromatic carbocycles. The summed E-state index contributed by atoms with van der Waals surface area (Å²) in [5, 5.41) is 11.8. The van der Waals surface area contributed by atoms with Crippen LogP contribution in [0.3, 0.4) is 0 Å². The normalized spacial score (nSPS) is 13.2. The van der Waals surface area contributed by atoms with Gasteiger partial charge in [-0.15, -0.1) is 5.10 Å². The molecule has 5 heteroatoms. The lowest BCUT2D eigenvalue weighted by atomic mass is 10.1. The molecule has 1 N–H and O–H groups in total. The molecule has 114 valence electrons. The molecule has 2 rings (SSSR count). The Kier molecular flexibility index (Phi) is 4.63. The molecule has 0 saturated heterocycles. The third-order valence-corrected chi connectivity index (χ3v) is 3.43. The molecule has 1 atom stereocenters. The van der Waals surface area contributed by atoms with Crippen LogP contribution in [0.4, 0.5) is 0 Å². The monoisotopic (exact) mass is 288 g/mol. The lowest BCUT2D eigenvalue weighted by Gasteiger charge is -2.17. The summed E-state index contributed by atoms with van der Waals surface area (Å²) in [6.07, 6.45) is 1.99. The van der Waals surface area contributed by atoms with Crippen LogP contribution in [0.2, 0.25) is 0 Å². The van der Waals surface area contributed by atoms with E-state index < -0.39 is 0 Å². The van der Waals surface area contributed by atoms with Crippen LogP contribution in [0.25, 0.3) is 0 Å². The first kappa shape index (κ1) is 15.5. The van der Waals surface area contributed by atoms with Crippen LogP contribution in [-0.2, 0) is 12.1 Å². The van der Waals surface area contributed by atoms with Gasteiger partial charge in [0.1, 0.15) is 5.75 Å². The largest absolute Gasteiger partial charge is 0.497 e. The molecule has 0 aliphatic carbocycles. The van der Waals surface area contributed by atoms with Gasteiger partial charge in [0.15, 0.2) is 0 Å². The highest BCUT2D eigenvalue weighted by Gasteiger charge is 2.15. The second-order valence-electron chi connectivity index (χ2n) is 6.20. The second-order valence-corrected chi connectivity index (χ2v) is 6.20. The molecule has 1 heterocycles. The average Bonchev–Trinajstić information content (AvgIpc) is 2.94. The van der Waals surface area contributed by atoms with E-state index in [2.05, 4.69) is 55.5 Å². The van der Waals surface area contributed by atoms with Crippen molar-refractivity contribution in [3.63, 3.8) is 0 Å². The highest BCUT2D eigenvalue weighted by atomic mass is 16.5. The Morgan fingerprint density at radius 2 is 1.90 bits per heavy atom. The summed E-state index contributed by atoms with van der Waals surface area (Å²) < 4.78 is 7.06. The molecule has 5 nitrogen and oxygen atoms in total. The van der Waals surface area contributed by atoms with Crippen molar-refractivity contribution in [2.45, 2.75) is 45.8 Å². The summed E-state index contributed by atoms with van der Waals surface area (Å²) in [4.78, 5) is 0. The van der Waals surface area contributed by atoms with Crippen molar-refractivity contribution in [1.82, 2.24) is 20.3 Å². The number of ether oxygens (including phenoxy) is 1. The van der Waals surface area contributed by atoms with Gasteiger partial charge in [-0.05, 0) is 45.4 Å². The smallest absolute Gasteiger partial charge is 0.118 e. The van der Waals surface area contributed by atoms with Gasteiger partial charge in [-0.25, -0.2) is 4.68 Å². The van der Waals surface area contributed by atoms with Crippen LogP contribution in [0.15, 0.2) is 30.5 Å². The van der Waals surface area contributed by atoms with Crippen molar-refractivity contribution in [2.24, 2.45) is 0 Å². The number of hydrogen-bond acceptors (Lipinski definition) is 4. The lowest BCUT2D eigenvalue weighted by molar-refractivity contribution is 0.347. The predicted octanol–water partition coefficient (Wildman–Crippen LogP) is 2.89. The number of hydrogen-bond donors (Lipinski definition) is 1. The van der Waals surface area contributed by atoms with Crippen LogP contribution in [0.1, 0.15) is 45.0 Å². The minimum absolute atomic E-state index is 0.0349. The minimum Gasteiger partial charge on any atom is -0.497 e. The molecule has 1 aromatic heterocycles. The first-order chi connectivity index (χ1) is 9.90. The molecule has 0 fully saturated rings. The molecule has 2 aromatic rings. The Labute approximate surface area is 126 Å². The van der Waals surface area contributed by atoms with Gasteiger partial charge in [0.25, 0.3) is 0 Å². The molecular formula is C16H24N4O. The van der Waals surface area contributed by atoms with E-state index in [9.17, 15) is 0 Å². The SMILES string of the molecule is COc1ccc([C@@H](C)NCc2cn(C(C)(C)C)nn2)cc1. The summed E-state index contributed by atoms with van der Waals surface area (Å²) >= 11 is 0. The first-order valence-electron chi connectivity index (χ1n) is 7.19. The Morgan fingerprint density at radius 1 is 1.24 bits per heavy atom. The van der Waals surface area contributed by atoms with E-state index in [1.165, 1.54) is 5.56 Å².